The lowest BCUT2D eigenvalue weighted by Crippen LogP contribution is -1.96. The van der Waals surface area contributed by atoms with Gasteiger partial charge in [-0.05, 0) is 17.7 Å². The van der Waals surface area contributed by atoms with Crippen molar-refractivity contribution in [2.24, 2.45) is 0 Å². The fourth-order valence-electron chi connectivity index (χ4n) is 6.41. The summed E-state index contributed by atoms with van der Waals surface area (Å²) in [6, 6.07) is 57.0. The lowest BCUT2D eigenvalue weighted by Gasteiger charge is -2.12. The number of rotatable bonds is 5. The van der Waals surface area contributed by atoms with Crippen LogP contribution in [0, 0.1) is 0 Å². The molecule has 3 nitrogen and oxygen atoms in total. The molecule has 0 radical (unpaired) electrons. The number of pyridine rings is 1. The van der Waals surface area contributed by atoms with Crippen molar-refractivity contribution in [3.63, 3.8) is 0 Å². The summed E-state index contributed by atoms with van der Waals surface area (Å²) in [5.74, 6) is 0.695. The molecule has 4 heteroatoms. The molecular formula is C43H27N3S. The number of nitrogens with zero attached hydrogens (tertiary/aromatic N) is 3. The summed E-state index contributed by atoms with van der Waals surface area (Å²) in [4.78, 5) is 15.5. The van der Waals surface area contributed by atoms with Crippen LogP contribution < -0.4 is 0 Å². The Morgan fingerprint density at radius 3 is 1.62 bits per heavy atom. The number of hydrogen-bond donors (Lipinski definition) is 0. The maximum Gasteiger partial charge on any atom is 0.160 e. The molecule has 0 amide bonds. The second-order valence-electron chi connectivity index (χ2n) is 11.6. The zero-order valence-corrected chi connectivity index (χ0v) is 26.2. The molecule has 3 heterocycles. The molecule has 6 aromatic carbocycles. The van der Waals surface area contributed by atoms with E-state index in [0.29, 0.717) is 5.82 Å². The third-order valence-corrected chi connectivity index (χ3v) is 9.91. The molecule has 0 spiro atoms. The van der Waals surface area contributed by atoms with Gasteiger partial charge in [-0.2, -0.15) is 0 Å². The molecule has 220 valence electrons. The molecule has 0 N–H and O–H groups in total. The van der Waals surface area contributed by atoms with Crippen molar-refractivity contribution in [3.8, 4) is 56.3 Å². The summed E-state index contributed by atoms with van der Waals surface area (Å²) in [5.41, 5.74) is 10.3. The van der Waals surface area contributed by atoms with Crippen LogP contribution in [-0.2, 0) is 0 Å². The van der Waals surface area contributed by atoms with Gasteiger partial charge in [0.05, 0.1) is 22.6 Å². The third kappa shape index (κ3) is 4.87. The lowest BCUT2D eigenvalue weighted by atomic mass is 9.98. The zero-order valence-electron chi connectivity index (χ0n) is 25.3. The molecule has 0 aliphatic rings. The Kier molecular flexibility index (Phi) is 6.65. The van der Waals surface area contributed by atoms with Gasteiger partial charge in [-0.15, -0.1) is 11.3 Å². The molecule has 0 aliphatic carbocycles. The van der Waals surface area contributed by atoms with Crippen molar-refractivity contribution >= 4 is 42.4 Å². The summed E-state index contributed by atoms with van der Waals surface area (Å²) < 4.78 is 2.53. The maximum absolute atomic E-state index is 5.46. The van der Waals surface area contributed by atoms with Gasteiger partial charge in [0, 0.05) is 53.4 Å². The van der Waals surface area contributed by atoms with Crippen LogP contribution in [0.15, 0.2) is 164 Å². The number of thiophene rings is 1. The van der Waals surface area contributed by atoms with Crippen LogP contribution in [0.25, 0.3) is 87.4 Å². The minimum Gasteiger partial charge on any atom is -0.246 e. The van der Waals surface area contributed by atoms with Crippen molar-refractivity contribution in [1.29, 1.82) is 0 Å². The van der Waals surface area contributed by atoms with Crippen LogP contribution in [0.2, 0.25) is 0 Å². The lowest BCUT2D eigenvalue weighted by molar-refractivity contribution is 1.18. The smallest absolute Gasteiger partial charge is 0.160 e. The van der Waals surface area contributed by atoms with E-state index in [4.69, 9.17) is 15.0 Å². The van der Waals surface area contributed by atoms with Crippen LogP contribution in [-0.4, -0.2) is 15.0 Å². The molecule has 0 bridgehead atoms. The summed E-state index contributed by atoms with van der Waals surface area (Å²) in [6.45, 7) is 0. The normalized spacial score (nSPS) is 11.4. The van der Waals surface area contributed by atoms with Gasteiger partial charge < -0.3 is 0 Å². The Balaban J connectivity index is 1.23. The minimum atomic E-state index is 0.695. The summed E-state index contributed by atoms with van der Waals surface area (Å²) >= 11 is 1.84. The van der Waals surface area contributed by atoms with E-state index < -0.39 is 0 Å². The van der Waals surface area contributed by atoms with E-state index in [1.54, 1.807) is 0 Å². The summed E-state index contributed by atoms with van der Waals surface area (Å²) in [5, 5.41) is 3.62. The SMILES string of the molecule is c1ccc(-c2cc(-c3ccccc3)nc(-c3ccc(-c4nc5c(-c6ccccc6)cccc5c5sc6ccccc6c45)cc3)n2)cc1. The van der Waals surface area contributed by atoms with Gasteiger partial charge in [0.25, 0.3) is 0 Å². The van der Waals surface area contributed by atoms with Gasteiger partial charge in [0.2, 0.25) is 0 Å². The fraction of sp³-hybridized carbons (Fsp3) is 0. The second kappa shape index (κ2) is 11.4. The first-order valence-corrected chi connectivity index (χ1v) is 16.5. The number of fused-ring (bicyclic) bond motifs is 5. The molecule has 3 aromatic heterocycles. The Morgan fingerprint density at radius 1 is 0.404 bits per heavy atom. The van der Waals surface area contributed by atoms with Crippen molar-refractivity contribution < 1.29 is 0 Å². The standard InChI is InChI=1S/C43H27N3S/c1-4-13-28(14-5-1)33-20-12-21-35-41(33)46-40(39-34-19-10-11-22-38(34)47-42(35)39)31-23-25-32(26-24-31)43-44-36(29-15-6-2-7-16-29)27-37(45-43)30-17-8-3-9-18-30/h1-27H. The van der Waals surface area contributed by atoms with E-state index >= 15 is 0 Å². The Morgan fingerprint density at radius 2 is 0.957 bits per heavy atom. The number of aromatic nitrogens is 3. The van der Waals surface area contributed by atoms with Gasteiger partial charge in [-0.3, -0.25) is 0 Å². The zero-order chi connectivity index (χ0) is 31.2. The second-order valence-corrected chi connectivity index (χ2v) is 12.7. The molecule has 0 fully saturated rings. The number of para-hydroxylation sites is 1. The predicted molar refractivity (Wildman–Crippen MR) is 197 cm³/mol. The molecule has 9 aromatic rings. The quantitative estimate of drug-likeness (QED) is 0.193. The van der Waals surface area contributed by atoms with Crippen molar-refractivity contribution in [2.45, 2.75) is 0 Å². The average molecular weight is 618 g/mol. The molecule has 0 atom stereocenters. The average Bonchev–Trinajstić information content (AvgIpc) is 3.55. The first kappa shape index (κ1) is 27.3. The highest BCUT2D eigenvalue weighted by Gasteiger charge is 2.19. The largest absolute Gasteiger partial charge is 0.246 e. The van der Waals surface area contributed by atoms with Gasteiger partial charge in [0.15, 0.2) is 5.82 Å². The monoisotopic (exact) mass is 617 g/mol. The van der Waals surface area contributed by atoms with E-state index in [1.165, 1.54) is 25.6 Å². The molecule has 0 unspecified atom stereocenters. The molecule has 47 heavy (non-hydrogen) atoms. The molecule has 0 aliphatic heterocycles. The van der Waals surface area contributed by atoms with Crippen molar-refractivity contribution in [1.82, 2.24) is 15.0 Å². The Labute approximate surface area is 276 Å². The van der Waals surface area contributed by atoms with Crippen LogP contribution in [0.1, 0.15) is 0 Å². The first-order chi connectivity index (χ1) is 23.3. The summed E-state index contributed by atoms with van der Waals surface area (Å²) in [7, 11) is 0. The fourth-order valence-corrected chi connectivity index (χ4v) is 7.64. The minimum absolute atomic E-state index is 0.695. The first-order valence-electron chi connectivity index (χ1n) is 15.7. The van der Waals surface area contributed by atoms with E-state index in [-0.39, 0.29) is 0 Å². The van der Waals surface area contributed by atoms with Gasteiger partial charge >= 0.3 is 0 Å². The van der Waals surface area contributed by atoms with Gasteiger partial charge in [0.1, 0.15) is 0 Å². The van der Waals surface area contributed by atoms with Crippen LogP contribution in [0.5, 0.6) is 0 Å². The topological polar surface area (TPSA) is 38.7 Å². The van der Waals surface area contributed by atoms with E-state index in [1.807, 2.05) is 47.7 Å². The highest BCUT2D eigenvalue weighted by Crippen LogP contribution is 2.44. The molecule has 0 saturated carbocycles. The van der Waals surface area contributed by atoms with E-state index in [9.17, 15) is 0 Å². The van der Waals surface area contributed by atoms with Gasteiger partial charge in [-0.1, -0.05) is 152 Å². The summed E-state index contributed by atoms with van der Waals surface area (Å²) in [6.07, 6.45) is 0. The van der Waals surface area contributed by atoms with Crippen molar-refractivity contribution in [3.05, 3.63) is 164 Å². The molecule has 9 rings (SSSR count). The predicted octanol–water partition coefficient (Wildman–Crippen LogP) is 11.7. The highest BCUT2D eigenvalue weighted by molar-refractivity contribution is 7.26. The highest BCUT2D eigenvalue weighted by atomic mass is 32.1. The van der Waals surface area contributed by atoms with Crippen LogP contribution in [0.4, 0.5) is 0 Å². The third-order valence-electron chi connectivity index (χ3n) is 8.70. The Bertz CT molecular complexity index is 2480. The maximum atomic E-state index is 5.46. The molecule has 0 saturated heterocycles. The van der Waals surface area contributed by atoms with Crippen LogP contribution >= 0.6 is 11.3 Å². The van der Waals surface area contributed by atoms with Crippen LogP contribution in [0.3, 0.4) is 0 Å². The Hall–Kier alpha value is -5.97. The number of benzene rings is 6. The van der Waals surface area contributed by atoms with Gasteiger partial charge in [-0.25, -0.2) is 15.0 Å². The van der Waals surface area contributed by atoms with Crippen molar-refractivity contribution in [2.75, 3.05) is 0 Å². The van der Waals surface area contributed by atoms with E-state index in [0.717, 1.165) is 56.0 Å². The van der Waals surface area contributed by atoms with E-state index in [2.05, 4.69) is 127 Å². The molecular weight excluding hydrogens is 591 g/mol. The number of hydrogen-bond acceptors (Lipinski definition) is 4.